The number of benzene rings is 2. The highest BCUT2D eigenvalue weighted by molar-refractivity contribution is 5.79. The molecule has 25 heavy (non-hydrogen) atoms. The molecule has 5 nitrogen and oxygen atoms in total. The number of hydrogen-bond donors (Lipinski definition) is 1. The van der Waals surface area contributed by atoms with Crippen LogP contribution in [0.4, 0.5) is 0 Å². The predicted octanol–water partition coefficient (Wildman–Crippen LogP) is 2.95. The standard InChI is InChI=1S/C20H27N3O2/c1-21-20(22-14-13-16-9-5-7-11-18(16)24-3)23(2)15-17-10-6-8-12-19(17)25-4/h5-12H,13-15H2,1-4H3,(H,21,22). The fourth-order valence-electron chi connectivity index (χ4n) is 2.77. The van der Waals surface area contributed by atoms with Gasteiger partial charge in [-0.2, -0.15) is 0 Å². The van der Waals surface area contributed by atoms with Gasteiger partial charge >= 0.3 is 0 Å². The molecule has 0 bridgehead atoms. The van der Waals surface area contributed by atoms with Crippen molar-refractivity contribution in [1.29, 1.82) is 0 Å². The maximum Gasteiger partial charge on any atom is 0.193 e. The molecule has 0 aliphatic heterocycles. The van der Waals surface area contributed by atoms with Crippen LogP contribution in [0.5, 0.6) is 11.5 Å². The fraction of sp³-hybridized carbons (Fsp3) is 0.350. The molecule has 2 rings (SSSR count). The Kier molecular flexibility index (Phi) is 7.14. The summed E-state index contributed by atoms with van der Waals surface area (Å²) in [6.45, 7) is 1.50. The Bertz CT molecular complexity index is 701. The van der Waals surface area contributed by atoms with E-state index in [1.165, 1.54) is 5.56 Å². The van der Waals surface area contributed by atoms with Gasteiger partial charge in [-0.15, -0.1) is 0 Å². The molecule has 0 radical (unpaired) electrons. The normalized spacial score (nSPS) is 11.1. The number of ether oxygens (including phenoxy) is 2. The molecule has 1 N–H and O–H groups in total. The molecule has 2 aromatic carbocycles. The Labute approximate surface area is 150 Å². The minimum atomic E-state index is 0.721. The van der Waals surface area contributed by atoms with Crippen molar-refractivity contribution < 1.29 is 9.47 Å². The van der Waals surface area contributed by atoms with E-state index in [0.29, 0.717) is 0 Å². The van der Waals surface area contributed by atoms with Crippen LogP contribution in [-0.2, 0) is 13.0 Å². The van der Waals surface area contributed by atoms with Crippen LogP contribution in [0.25, 0.3) is 0 Å². The van der Waals surface area contributed by atoms with Crippen LogP contribution in [-0.4, -0.2) is 45.7 Å². The second-order valence-corrected chi connectivity index (χ2v) is 5.70. The minimum absolute atomic E-state index is 0.721. The van der Waals surface area contributed by atoms with E-state index < -0.39 is 0 Å². The van der Waals surface area contributed by atoms with Crippen LogP contribution in [0.1, 0.15) is 11.1 Å². The maximum absolute atomic E-state index is 5.42. The third kappa shape index (κ3) is 5.14. The molecule has 0 aliphatic carbocycles. The first-order chi connectivity index (χ1) is 12.2. The predicted molar refractivity (Wildman–Crippen MR) is 103 cm³/mol. The zero-order valence-corrected chi connectivity index (χ0v) is 15.5. The summed E-state index contributed by atoms with van der Waals surface area (Å²) >= 11 is 0. The first-order valence-electron chi connectivity index (χ1n) is 8.35. The summed E-state index contributed by atoms with van der Waals surface area (Å²) in [6.07, 6.45) is 0.867. The molecular weight excluding hydrogens is 314 g/mol. The van der Waals surface area contributed by atoms with Gasteiger partial charge in [0.25, 0.3) is 0 Å². The number of nitrogens with zero attached hydrogens (tertiary/aromatic N) is 2. The van der Waals surface area contributed by atoms with Crippen molar-refractivity contribution >= 4 is 5.96 Å². The van der Waals surface area contributed by atoms with Gasteiger partial charge in [0.05, 0.1) is 14.2 Å². The molecule has 0 unspecified atom stereocenters. The molecule has 0 spiro atoms. The molecule has 0 aliphatic rings. The second kappa shape index (κ2) is 9.57. The van der Waals surface area contributed by atoms with Crippen molar-refractivity contribution in [1.82, 2.24) is 10.2 Å². The zero-order valence-electron chi connectivity index (χ0n) is 15.5. The van der Waals surface area contributed by atoms with Crippen LogP contribution >= 0.6 is 0 Å². The Morgan fingerprint density at radius 2 is 1.52 bits per heavy atom. The number of para-hydroxylation sites is 2. The Hall–Kier alpha value is -2.69. The maximum atomic E-state index is 5.42. The van der Waals surface area contributed by atoms with E-state index in [2.05, 4.69) is 27.3 Å². The quantitative estimate of drug-likeness (QED) is 0.621. The Balaban J connectivity index is 1.93. The molecule has 0 amide bonds. The van der Waals surface area contributed by atoms with Crippen molar-refractivity contribution in [2.24, 2.45) is 4.99 Å². The lowest BCUT2D eigenvalue weighted by atomic mass is 10.1. The molecule has 0 saturated carbocycles. The van der Waals surface area contributed by atoms with Crippen LogP contribution < -0.4 is 14.8 Å². The summed E-state index contributed by atoms with van der Waals surface area (Å²) in [5, 5.41) is 3.41. The Morgan fingerprint density at radius 3 is 2.12 bits per heavy atom. The van der Waals surface area contributed by atoms with Gasteiger partial charge in [-0.3, -0.25) is 4.99 Å². The van der Waals surface area contributed by atoms with E-state index in [1.807, 2.05) is 43.4 Å². The third-order valence-corrected chi connectivity index (χ3v) is 4.04. The van der Waals surface area contributed by atoms with Gasteiger partial charge < -0.3 is 19.7 Å². The summed E-state index contributed by atoms with van der Waals surface area (Å²) in [7, 11) is 7.21. The largest absolute Gasteiger partial charge is 0.496 e. The second-order valence-electron chi connectivity index (χ2n) is 5.70. The fourth-order valence-corrected chi connectivity index (χ4v) is 2.77. The average Bonchev–Trinajstić information content (AvgIpc) is 2.65. The highest BCUT2D eigenvalue weighted by Crippen LogP contribution is 2.19. The number of aliphatic imine (C=N–C) groups is 1. The molecule has 0 aromatic heterocycles. The number of hydrogen-bond acceptors (Lipinski definition) is 3. The smallest absolute Gasteiger partial charge is 0.193 e. The molecule has 0 saturated heterocycles. The van der Waals surface area contributed by atoms with Crippen molar-refractivity contribution in [2.45, 2.75) is 13.0 Å². The molecule has 0 heterocycles. The van der Waals surface area contributed by atoms with Gasteiger partial charge in [0.15, 0.2) is 5.96 Å². The van der Waals surface area contributed by atoms with E-state index in [-0.39, 0.29) is 0 Å². The van der Waals surface area contributed by atoms with Crippen molar-refractivity contribution in [2.75, 3.05) is 34.9 Å². The SMILES string of the molecule is CN=C(NCCc1ccccc1OC)N(C)Cc1ccccc1OC. The van der Waals surface area contributed by atoms with Gasteiger partial charge in [0.2, 0.25) is 0 Å². The van der Waals surface area contributed by atoms with Gasteiger partial charge in [0.1, 0.15) is 11.5 Å². The third-order valence-electron chi connectivity index (χ3n) is 4.04. The van der Waals surface area contributed by atoms with Crippen LogP contribution in [0.15, 0.2) is 53.5 Å². The molecule has 5 heteroatoms. The molecular formula is C20H27N3O2. The van der Waals surface area contributed by atoms with Crippen LogP contribution in [0.3, 0.4) is 0 Å². The molecule has 134 valence electrons. The summed E-state index contributed by atoms with van der Waals surface area (Å²) in [5.41, 5.74) is 2.31. The van der Waals surface area contributed by atoms with Crippen molar-refractivity contribution in [3.63, 3.8) is 0 Å². The number of rotatable bonds is 7. The first kappa shape index (κ1) is 18.6. The monoisotopic (exact) mass is 341 g/mol. The van der Waals surface area contributed by atoms with E-state index in [0.717, 1.165) is 42.5 Å². The highest BCUT2D eigenvalue weighted by atomic mass is 16.5. The lowest BCUT2D eigenvalue weighted by molar-refractivity contribution is 0.396. The summed E-state index contributed by atoms with van der Waals surface area (Å²) in [4.78, 5) is 6.46. The van der Waals surface area contributed by atoms with E-state index in [1.54, 1.807) is 21.3 Å². The van der Waals surface area contributed by atoms with Crippen LogP contribution in [0.2, 0.25) is 0 Å². The molecule has 0 atom stereocenters. The van der Waals surface area contributed by atoms with E-state index in [9.17, 15) is 0 Å². The zero-order chi connectivity index (χ0) is 18.1. The van der Waals surface area contributed by atoms with Crippen LogP contribution in [0, 0.1) is 0 Å². The van der Waals surface area contributed by atoms with Gasteiger partial charge in [-0.25, -0.2) is 0 Å². The lowest BCUT2D eigenvalue weighted by Crippen LogP contribution is -2.39. The molecule has 0 fully saturated rings. The van der Waals surface area contributed by atoms with Gasteiger partial charge in [-0.1, -0.05) is 36.4 Å². The highest BCUT2D eigenvalue weighted by Gasteiger charge is 2.10. The summed E-state index contributed by atoms with van der Waals surface area (Å²) in [6, 6.07) is 16.1. The van der Waals surface area contributed by atoms with Crippen molar-refractivity contribution in [3.05, 3.63) is 59.7 Å². The number of methoxy groups -OCH3 is 2. The lowest BCUT2D eigenvalue weighted by Gasteiger charge is -2.23. The van der Waals surface area contributed by atoms with Crippen molar-refractivity contribution in [3.8, 4) is 11.5 Å². The topological polar surface area (TPSA) is 46.1 Å². The number of nitrogens with one attached hydrogen (secondary N) is 1. The summed E-state index contributed by atoms with van der Waals surface area (Å²) in [5.74, 6) is 2.65. The van der Waals surface area contributed by atoms with Gasteiger partial charge in [-0.05, 0) is 24.1 Å². The average molecular weight is 341 g/mol. The van der Waals surface area contributed by atoms with E-state index >= 15 is 0 Å². The Morgan fingerprint density at radius 1 is 0.960 bits per heavy atom. The summed E-state index contributed by atoms with van der Waals surface area (Å²) < 4.78 is 10.8. The van der Waals surface area contributed by atoms with Gasteiger partial charge in [0, 0.05) is 32.7 Å². The first-order valence-corrected chi connectivity index (χ1v) is 8.35. The minimum Gasteiger partial charge on any atom is -0.496 e. The molecule has 2 aromatic rings. The van der Waals surface area contributed by atoms with E-state index in [4.69, 9.17) is 9.47 Å². The number of guanidine groups is 1.